The fourth-order valence-electron chi connectivity index (χ4n) is 0.435. The highest BCUT2D eigenvalue weighted by Crippen LogP contribution is 1.69. The Morgan fingerprint density at radius 3 is 1.35 bits per heavy atom. The van der Waals surface area contributed by atoms with E-state index in [-0.39, 0.29) is 19.8 Å². The minimum absolute atomic E-state index is 0.0278. The summed E-state index contributed by atoms with van der Waals surface area (Å²) in [6.07, 6.45) is -0.560. The maximum atomic E-state index is 8.11. The average Bonchev–Trinajstić information content (AvgIpc) is 2.32. The quantitative estimate of drug-likeness (QED) is 0.454. The topological polar surface area (TPSA) is 99.4 Å². The molecule has 17 heavy (non-hydrogen) atoms. The van der Waals surface area contributed by atoms with E-state index < -0.39 is 6.10 Å². The zero-order valence-electron chi connectivity index (χ0n) is 11.1. The lowest BCUT2D eigenvalue weighted by Crippen LogP contribution is -2.03. The first-order valence-corrected chi connectivity index (χ1v) is 5.76. The Balaban J connectivity index is -0.000000177. The molecular weight excluding hydrogens is 228 g/mol. The molecule has 0 aliphatic carbocycles. The molecule has 0 aromatic heterocycles. The Labute approximate surface area is 104 Å². The highest BCUT2D eigenvalue weighted by Gasteiger charge is 1.83. The maximum Gasteiger partial charge on any atom is 0.0742 e. The van der Waals surface area contributed by atoms with Crippen molar-refractivity contribution in [2.45, 2.75) is 26.9 Å². The second kappa shape index (κ2) is 24.8. The molecule has 0 saturated heterocycles. The van der Waals surface area contributed by atoms with E-state index in [1.54, 1.807) is 0 Å². The van der Waals surface area contributed by atoms with Gasteiger partial charge in [0.15, 0.2) is 0 Å². The van der Waals surface area contributed by atoms with Crippen LogP contribution in [0.15, 0.2) is 0 Å². The van der Waals surface area contributed by atoms with Crippen LogP contribution in [0.3, 0.4) is 0 Å². The van der Waals surface area contributed by atoms with Crippen LogP contribution in [0.2, 0.25) is 0 Å². The average molecular weight is 256 g/mol. The smallest absolute Gasteiger partial charge is 0.0742 e. The number of aliphatic hydroxyl groups excluding tert-OH is 4. The van der Waals surface area contributed by atoms with Crippen LogP contribution >= 0.6 is 0 Å². The van der Waals surface area contributed by atoms with Crippen molar-refractivity contribution in [3.8, 4) is 0 Å². The third-order valence-electron chi connectivity index (χ3n) is 1.14. The molecule has 0 fully saturated rings. The number of ether oxygens (including phenoxy) is 2. The second-order valence-electron chi connectivity index (χ2n) is 2.87. The second-order valence-corrected chi connectivity index (χ2v) is 2.87. The van der Waals surface area contributed by atoms with Crippen LogP contribution in [0, 0.1) is 0 Å². The molecule has 0 aromatic rings. The minimum atomic E-state index is -0.560. The number of rotatable bonds is 7. The van der Waals surface area contributed by atoms with E-state index in [4.69, 9.17) is 25.2 Å². The molecule has 0 aliphatic heterocycles. The first-order chi connectivity index (χ1) is 8.10. The molecule has 6 nitrogen and oxygen atoms in total. The summed E-state index contributed by atoms with van der Waals surface area (Å²) < 4.78 is 9.47. The summed E-state index contributed by atoms with van der Waals surface area (Å²) in [4.78, 5) is 0. The first-order valence-electron chi connectivity index (χ1n) is 5.76. The molecule has 6 heteroatoms. The molecule has 0 amide bonds. The predicted octanol–water partition coefficient (Wildman–Crippen LogP) is -0.610. The molecule has 108 valence electrons. The third kappa shape index (κ3) is 49.6. The van der Waals surface area contributed by atoms with E-state index >= 15 is 0 Å². The summed E-state index contributed by atoms with van der Waals surface area (Å²) in [5.74, 6) is 0. The molecular formula is C11H28O6. The molecule has 4 N–H and O–H groups in total. The van der Waals surface area contributed by atoms with Gasteiger partial charge in [-0.3, -0.25) is 0 Å². The maximum absolute atomic E-state index is 8.11. The van der Waals surface area contributed by atoms with Gasteiger partial charge in [-0.15, -0.1) is 0 Å². The van der Waals surface area contributed by atoms with Gasteiger partial charge in [-0.25, -0.2) is 0 Å². The van der Waals surface area contributed by atoms with Gasteiger partial charge in [-0.2, -0.15) is 0 Å². The van der Waals surface area contributed by atoms with Gasteiger partial charge in [0.25, 0.3) is 0 Å². The van der Waals surface area contributed by atoms with Crippen LogP contribution in [-0.4, -0.2) is 72.8 Å². The largest absolute Gasteiger partial charge is 0.394 e. The Bertz CT molecular complexity index is 94.0. The van der Waals surface area contributed by atoms with Crippen LogP contribution < -0.4 is 0 Å². The number of aliphatic hydroxyl groups is 4. The summed E-state index contributed by atoms with van der Waals surface area (Å²) in [5.41, 5.74) is 0. The lowest BCUT2D eigenvalue weighted by molar-refractivity contribution is 0.0650. The van der Waals surface area contributed by atoms with E-state index in [1.807, 2.05) is 13.8 Å². The first kappa shape index (κ1) is 22.0. The lowest BCUT2D eigenvalue weighted by atomic mass is 10.5. The van der Waals surface area contributed by atoms with E-state index in [2.05, 4.69) is 4.74 Å². The summed E-state index contributed by atoms with van der Waals surface area (Å²) in [5, 5.41) is 32.2. The molecule has 0 rings (SSSR count). The molecule has 0 aliphatic rings. The SMILES string of the molecule is CC(O)CO.CCOCC.OCCOCCO. The zero-order valence-corrected chi connectivity index (χ0v) is 11.1. The molecule has 0 bridgehead atoms. The van der Waals surface area contributed by atoms with Crippen LogP contribution in [-0.2, 0) is 9.47 Å². The van der Waals surface area contributed by atoms with Crippen molar-refractivity contribution in [1.82, 2.24) is 0 Å². The van der Waals surface area contributed by atoms with Gasteiger partial charge in [0.2, 0.25) is 0 Å². The van der Waals surface area contributed by atoms with Crippen molar-refractivity contribution < 1.29 is 29.9 Å². The monoisotopic (exact) mass is 256 g/mol. The Morgan fingerprint density at radius 2 is 1.24 bits per heavy atom. The van der Waals surface area contributed by atoms with Crippen molar-refractivity contribution in [3.05, 3.63) is 0 Å². The minimum Gasteiger partial charge on any atom is -0.394 e. The summed E-state index contributed by atoms with van der Waals surface area (Å²) >= 11 is 0. The highest BCUT2D eigenvalue weighted by molar-refractivity contribution is 4.34. The van der Waals surface area contributed by atoms with E-state index in [0.29, 0.717) is 13.2 Å². The summed E-state index contributed by atoms with van der Waals surface area (Å²) in [6.45, 7) is 7.75. The van der Waals surface area contributed by atoms with Crippen LogP contribution in [0.5, 0.6) is 0 Å². The van der Waals surface area contributed by atoms with Gasteiger partial charge in [0.1, 0.15) is 0 Å². The van der Waals surface area contributed by atoms with Crippen molar-refractivity contribution in [1.29, 1.82) is 0 Å². The van der Waals surface area contributed by atoms with Gasteiger partial charge < -0.3 is 29.9 Å². The fraction of sp³-hybridized carbons (Fsp3) is 1.00. The molecule has 0 aromatic carbocycles. The molecule has 1 atom stereocenters. The van der Waals surface area contributed by atoms with Crippen molar-refractivity contribution in [2.75, 3.05) is 46.2 Å². The Hall–Kier alpha value is -0.240. The van der Waals surface area contributed by atoms with Crippen LogP contribution in [0.25, 0.3) is 0 Å². The standard InChI is InChI=1S/C4H10O3.C4H10O.C3H8O2/c5-1-3-7-4-2-6;1-3-5-4-2;1-3(5)2-4/h5-6H,1-4H2;3-4H2,1-2H3;3-5H,2H2,1H3. The van der Waals surface area contributed by atoms with Gasteiger partial charge in [-0.1, -0.05) is 0 Å². The number of hydrogen-bond acceptors (Lipinski definition) is 6. The van der Waals surface area contributed by atoms with Crippen molar-refractivity contribution in [3.63, 3.8) is 0 Å². The molecule has 0 heterocycles. The summed E-state index contributed by atoms with van der Waals surface area (Å²) in [6, 6.07) is 0. The Kier molecular flexibility index (Phi) is 32.1. The van der Waals surface area contributed by atoms with E-state index in [1.165, 1.54) is 6.92 Å². The van der Waals surface area contributed by atoms with Crippen molar-refractivity contribution >= 4 is 0 Å². The molecule has 0 radical (unpaired) electrons. The highest BCUT2D eigenvalue weighted by atomic mass is 16.5. The van der Waals surface area contributed by atoms with Gasteiger partial charge in [-0.05, 0) is 20.8 Å². The predicted molar refractivity (Wildman–Crippen MR) is 65.9 cm³/mol. The van der Waals surface area contributed by atoms with Gasteiger partial charge in [0, 0.05) is 13.2 Å². The van der Waals surface area contributed by atoms with E-state index in [0.717, 1.165) is 13.2 Å². The normalized spacial score (nSPS) is 10.8. The molecule has 1 unspecified atom stereocenters. The number of hydrogen-bond donors (Lipinski definition) is 4. The molecule has 0 spiro atoms. The van der Waals surface area contributed by atoms with Crippen LogP contribution in [0.1, 0.15) is 20.8 Å². The molecule has 0 saturated carbocycles. The lowest BCUT2D eigenvalue weighted by Gasteiger charge is -1.94. The third-order valence-corrected chi connectivity index (χ3v) is 1.14. The van der Waals surface area contributed by atoms with E-state index in [9.17, 15) is 0 Å². The summed E-state index contributed by atoms with van der Waals surface area (Å²) in [7, 11) is 0. The van der Waals surface area contributed by atoms with Crippen molar-refractivity contribution in [2.24, 2.45) is 0 Å². The van der Waals surface area contributed by atoms with Gasteiger partial charge >= 0.3 is 0 Å². The fourth-order valence-corrected chi connectivity index (χ4v) is 0.435. The van der Waals surface area contributed by atoms with Gasteiger partial charge in [0.05, 0.1) is 39.1 Å². The zero-order chi connectivity index (χ0) is 13.9. The Morgan fingerprint density at radius 1 is 0.882 bits per heavy atom. The van der Waals surface area contributed by atoms with Crippen LogP contribution in [0.4, 0.5) is 0 Å².